The van der Waals surface area contributed by atoms with Gasteiger partial charge in [-0.15, -0.1) is 5.10 Å². The Bertz CT molecular complexity index is 1150. The number of hydrogen-bond donors (Lipinski definition) is 3. The van der Waals surface area contributed by atoms with Crippen LogP contribution >= 0.6 is 0 Å². The Morgan fingerprint density at radius 3 is 2.53 bits per heavy atom. The predicted molar refractivity (Wildman–Crippen MR) is 129 cm³/mol. The molecule has 1 aromatic carbocycles. The summed E-state index contributed by atoms with van der Waals surface area (Å²) in [6, 6.07) is 7.11. The Hall–Kier alpha value is -3.12. The van der Waals surface area contributed by atoms with Gasteiger partial charge in [0.25, 0.3) is 0 Å². The third-order valence-electron chi connectivity index (χ3n) is 6.21. The van der Waals surface area contributed by atoms with Crippen LogP contribution in [-0.4, -0.2) is 83.6 Å². The molecule has 0 atom stereocenters. The summed E-state index contributed by atoms with van der Waals surface area (Å²) in [4.78, 5) is 27.8. The lowest BCUT2D eigenvalue weighted by Gasteiger charge is -2.45. The Morgan fingerprint density at radius 1 is 1.24 bits per heavy atom. The summed E-state index contributed by atoms with van der Waals surface area (Å²) in [5.41, 5.74) is 2.71. The molecule has 1 aromatic heterocycles. The molecule has 2 aromatic rings. The molecule has 186 valence electrons. The fourth-order valence-corrected chi connectivity index (χ4v) is 4.48. The van der Waals surface area contributed by atoms with Crippen molar-refractivity contribution in [2.45, 2.75) is 38.8 Å². The number of aromatic nitrogens is 2. The van der Waals surface area contributed by atoms with Crippen LogP contribution in [0.5, 0.6) is 0 Å². The number of anilines is 2. The third kappa shape index (κ3) is 6.48. The highest BCUT2D eigenvalue weighted by Gasteiger charge is 2.36. The average molecular weight is 493 g/mol. The number of benzene rings is 1. The number of carboxylic acid groups (broad SMARTS) is 1. The lowest BCUT2D eigenvalue weighted by molar-refractivity contribution is -0.134. The Balaban J connectivity index is 1.62. The molecule has 1 aliphatic heterocycles. The number of aryl methyl sites for hydroxylation is 1. The van der Waals surface area contributed by atoms with E-state index in [0.29, 0.717) is 19.6 Å². The van der Waals surface area contributed by atoms with Crippen LogP contribution in [0, 0.1) is 6.92 Å². The Morgan fingerprint density at radius 2 is 1.91 bits per heavy atom. The number of piperidine rings is 1. The first-order chi connectivity index (χ1) is 15.9. The van der Waals surface area contributed by atoms with Crippen molar-refractivity contribution < 1.29 is 23.1 Å². The number of carbonyl (C=O) groups excluding carboxylic acids is 1. The fourth-order valence-electron chi connectivity index (χ4n) is 3.99. The second kappa shape index (κ2) is 10.0. The lowest BCUT2D eigenvalue weighted by atomic mass is 9.87. The topological polar surface area (TPSA) is 137 Å². The summed E-state index contributed by atoms with van der Waals surface area (Å²) >= 11 is 0. The van der Waals surface area contributed by atoms with E-state index in [1.165, 1.54) is 12.3 Å². The van der Waals surface area contributed by atoms with E-state index in [9.17, 15) is 18.0 Å². The number of carbonyl (C=O) groups is 2. The second-order valence-corrected chi connectivity index (χ2v) is 10.8. The van der Waals surface area contributed by atoms with Gasteiger partial charge < -0.3 is 15.3 Å². The molecule has 0 saturated carbocycles. The Labute approximate surface area is 199 Å². The van der Waals surface area contributed by atoms with Crippen LogP contribution in [-0.2, 0) is 21.4 Å². The van der Waals surface area contributed by atoms with E-state index < -0.39 is 16.0 Å². The molecule has 34 heavy (non-hydrogen) atoms. The maximum Gasteiger partial charge on any atom is 0.344 e. The highest BCUT2D eigenvalue weighted by atomic mass is 32.2. The smallest absolute Gasteiger partial charge is 0.344 e. The highest BCUT2D eigenvalue weighted by Crippen LogP contribution is 2.30. The maximum atomic E-state index is 12.8. The zero-order valence-electron chi connectivity index (χ0n) is 19.9. The van der Waals surface area contributed by atoms with Crippen molar-refractivity contribution in [2.75, 3.05) is 43.0 Å². The van der Waals surface area contributed by atoms with Crippen LogP contribution in [0.25, 0.3) is 0 Å². The number of carboxylic acids is 1. The van der Waals surface area contributed by atoms with Crippen molar-refractivity contribution in [1.82, 2.24) is 19.6 Å². The van der Waals surface area contributed by atoms with Gasteiger partial charge in [-0.1, -0.05) is 12.1 Å². The van der Waals surface area contributed by atoms with Gasteiger partial charge in [-0.2, -0.15) is 4.68 Å². The van der Waals surface area contributed by atoms with Gasteiger partial charge in [-0.25, -0.2) is 13.2 Å². The molecule has 0 unspecified atom stereocenters. The number of aliphatic carboxylic acids is 1. The van der Waals surface area contributed by atoms with Crippen LogP contribution in [0.4, 0.5) is 16.3 Å². The molecule has 0 bridgehead atoms. The van der Waals surface area contributed by atoms with E-state index >= 15 is 0 Å². The first kappa shape index (κ1) is 25.5. The number of rotatable bonds is 8. The van der Waals surface area contributed by atoms with Gasteiger partial charge in [0.15, 0.2) is 5.82 Å². The van der Waals surface area contributed by atoms with Crippen LogP contribution < -0.4 is 10.0 Å². The zero-order chi connectivity index (χ0) is 25.1. The molecule has 1 aliphatic rings. The van der Waals surface area contributed by atoms with Gasteiger partial charge in [0, 0.05) is 43.1 Å². The summed E-state index contributed by atoms with van der Waals surface area (Å²) in [5, 5.41) is 16.0. The SMILES string of the molecule is Cc1ccc(CN(C)C2(C)CCN(C(=O)n3ccc(NS(C)(=O)=O)n3)CC2)c(NCC(=O)O)c1. The van der Waals surface area contributed by atoms with Crippen LogP contribution in [0.3, 0.4) is 0 Å². The first-order valence-corrected chi connectivity index (χ1v) is 12.8. The van der Waals surface area contributed by atoms with Gasteiger partial charge in [0.1, 0.15) is 6.54 Å². The predicted octanol–water partition coefficient (Wildman–Crippen LogP) is 2.01. The Kier molecular flexibility index (Phi) is 7.51. The van der Waals surface area contributed by atoms with Gasteiger partial charge in [-0.3, -0.25) is 14.4 Å². The maximum absolute atomic E-state index is 12.8. The van der Waals surface area contributed by atoms with Crippen molar-refractivity contribution in [1.29, 1.82) is 0 Å². The number of sulfonamides is 1. The zero-order valence-corrected chi connectivity index (χ0v) is 20.7. The van der Waals surface area contributed by atoms with Crippen molar-refractivity contribution in [2.24, 2.45) is 0 Å². The third-order valence-corrected chi connectivity index (χ3v) is 6.79. The van der Waals surface area contributed by atoms with E-state index in [1.54, 1.807) is 4.90 Å². The largest absolute Gasteiger partial charge is 0.480 e. The van der Waals surface area contributed by atoms with E-state index in [4.69, 9.17) is 5.11 Å². The quantitative estimate of drug-likeness (QED) is 0.509. The number of likely N-dealkylation sites (tertiary alicyclic amines) is 1. The molecule has 0 radical (unpaired) electrons. The number of nitrogens with one attached hydrogen (secondary N) is 2. The molecule has 11 nitrogen and oxygen atoms in total. The molecule has 0 spiro atoms. The van der Waals surface area contributed by atoms with E-state index in [0.717, 1.165) is 40.6 Å². The monoisotopic (exact) mass is 492 g/mol. The van der Waals surface area contributed by atoms with Gasteiger partial charge in [0.05, 0.1) is 6.26 Å². The van der Waals surface area contributed by atoms with Gasteiger partial charge >= 0.3 is 12.0 Å². The lowest BCUT2D eigenvalue weighted by Crippen LogP contribution is -2.53. The molecular weight excluding hydrogens is 460 g/mol. The van der Waals surface area contributed by atoms with E-state index in [1.807, 2.05) is 32.2 Å². The summed E-state index contributed by atoms with van der Waals surface area (Å²) in [6.45, 7) is 5.68. The van der Waals surface area contributed by atoms with Crippen LogP contribution in [0.2, 0.25) is 0 Å². The second-order valence-electron chi connectivity index (χ2n) is 9.05. The average Bonchev–Trinajstić information content (AvgIpc) is 3.20. The number of amides is 1. The van der Waals surface area contributed by atoms with Crippen molar-refractivity contribution in [3.8, 4) is 0 Å². The highest BCUT2D eigenvalue weighted by molar-refractivity contribution is 7.92. The summed E-state index contributed by atoms with van der Waals surface area (Å²) in [6.07, 6.45) is 3.96. The van der Waals surface area contributed by atoms with E-state index in [-0.39, 0.29) is 23.9 Å². The molecule has 2 heterocycles. The van der Waals surface area contributed by atoms with Gasteiger partial charge in [0.2, 0.25) is 10.0 Å². The van der Waals surface area contributed by atoms with Gasteiger partial charge in [-0.05, 0) is 50.9 Å². The molecule has 0 aliphatic carbocycles. The summed E-state index contributed by atoms with van der Waals surface area (Å²) in [5.74, 6) is -0.816. The fraction of sp³-hybridized carbons (Fsp3) is 0.500. The van der Waals surface area contributed by atoms with Crippen molar-refractivity contribution in [3.05, 3.63) is 41.6 Å². The molecule has 1 amide bonds. The minimum Gasteiger partial charge on any atom is -0.480 e. The van der Waals surface area contributed by atoms with Crippen molar-refractivity contribution in [3.63, 3.8) is 0 Å². The summed E-state index contributed by atoms with van der Waals surface area (Å²) < 4.78 is 26.1. The molecular formula is C22H32N6O5S. The molecule has 12 heteroatoms. The standard InChI is InChI=1S/C22H32N6O5S/c1-16-5-6-17(18(13-16)23-14-20(29)30)15-26(3)22(2)8-11-27(12-9-22)21(31)28-10-7-19(24-28)25-34(4,32)33/h5-7,10,13,23H,8-9,11-12,14-15H2,1-4H3,(H,24,25)(H,29,30). The normalized spacial score (nSPS) is 15.9. The number of nitrogens with zero attached hydrogens (tertiary/aromatic N) is 4. The molecule has 3 N–H and O–H groups in total. The van der Waals surface area contributed by atoms with Crippen LogP contribution in [0.15, 0.2) is 30.5 Å². The summed E-state index contributed by atoms with van der Waals surface area (Å²) in [7, 11) is -1.43. The van der Waals surface area contributed by atoms with E-state index in [2.05, 4.69) is 27.0 Å². The van der Waals surface area contributed by atoms with Crippen LogP contribution in [0.1, 0.15) is 30.9 Å². The molecule has 1 saturated heterocycles. The number of hydrogen-bond acceptors (Lipinski definition) is 7. The van der Waals surface area contributed by atoms with Crippen molar-refractivity contribution >= 4 is 33.5 Å². The first-order valence-electron chi connectivity index (χ1n) is 11.0. The molecule has 3 rings (SSSR count). The minimum atomic E-state index is -3.47. The minimum absolute atomic E-state index is 0.0999. The molecule has 1 fully saturated rings.